The molecule has 18 heavy (non-hydrogen) atoms. The van der Waals surface area contributed by atoms with Gasteiger partial charge in [-0.05, 0) is 37.8 Å². The van der Waals surface area contributed by atoms with Crippen LogP contribution >= 0.6 is 0 Å². The van der Waals surface area contributed by atoms with Crippen LogP contribution in [0.4, 0.5) is 0 Å². The lowest BCUT2D eigenvalue weighted by Crippen LogP contribution is -2.44. The monoisotopic (exact) mass is 246 g/mol. The lowest BCUT2D eigenvalue weighted by molar-refractivity contribution is -0.144. The van der Waals surface area contributed by atoms with Crippen molar-refractivity contribution in [2.24, 2.45) is 5.92 Å². The Morgan fingerprint density at radius 1 is 1.33 bits per heavy atom. The van der Waals surface area contributed by atoms with E-state index >= 15 is 0 Å². The fourth-order valence-corrected chi connectivity index (χ4v) is 3.41. The van der Waals surface area contributed by atoms with E-state index in [1.54, 1.807) is 0 Å². The lowest BCUT2D eigenvalue weighted by atomic mass is 9.90. The number of hydrogen-bond acceptors (Lipinski definition) is 3. The van der Waals surface area contributed by atoms with E-state index in [1.165, 1.54) is 0 Å². The normalized spacial score (nSPS) is 31.4. The van der Waals surface area contributed by atoms with Gasteiger partial charge in [-0.2, -0.15) is 0 Å². The van der Waals surface area contributed by atoms with Crippen molar-refractivity contribution >= 4 is 5.97 Å². The van der Waals surface area contributed by atoms with Crippen LogP contribution in [0, 0.1) is 5.92 Å². The minimum atomic E-state index is -0.621. The number of rotatable bonds is 3. The third-order valence-corrected chi connectivity index (χ3v) is 4.30. The third kappa shape index (κ3) is 2.12. The maximum atomic E-state index is 11.1. The Kier molecular flexibility index (Phi) is 3.04. The SMILES string of the molecule is O=C(O)C1CC2CCC(C1)N2Cc1ccccn1. The maximum Gasteiger partial charge on any atom is 0.306 e. The predicted molar refractivity (Wildman–Crippen MR) is 66.9 cm³/mol. The molecule has 3 heterocycles. The van der Waals surface area contributed by atoms with Gasteiger partial charge in [-0.3, -0.25) is 14.7 Å². The van der Waals surface area contributed by atoms with Gasteiger partial charge in [0, 0.05) is 24.8 Å². The number of fused-ring (bicyclic) bond motifs is 2. The summed E-state index contributed by atoms with van der Waals surface area (Å²) < 4.78 is 0. The van der Waals surface area contributed by atoms with E-state index in [0.29, 0.717) is 12.1 Å². The van der Waals surface area contributed by atoms with Crippen molar-refractivity contribution in [2.45, 2.75) is 44.3 Å². The first-order chi connectivity index (χ1) is 8.74. The highest BCUT2D eigenvalue weighted by molar-refractivity contribution is 5.70. The van der Waals surface area contributed by atoms with Crippen molar-refractivity contribution in [1.29, 1.82) is 0 Å². The minimum absolute atomic E-state index is 0.137. The number of hydrogen-bond donors (Lipinski definition) is 1. The molecule has 3 rings (SSSR count). The summed E-state index contributed by atoms with van der Waals surface area (Å²) in [7, 11) is 0. The van der Waals surface area contributed by atoms with Crippen molar-refractivity contribution in [3.63, 3.8) is 0 Å². The topological polar surface area (TPSA) is 53.4 Å². The van der Waals surface area contributed by atoms with Crippen LogP contribution in [0.25, 0.3) is 0 Å². The summed E-state index contributed by atoms with van der Waals surface area (Å²) >= 11 is 0. The largest absolute Gasteiger partial charge is 0.481 e. The van der Waals surface area contributed by atoms with Gasteiger partial charge < -0.3 is 5.11 Å². The Hall–Kier alpha value is -1.42. The van der Waals surface area contributed by atoms with Gasteiger partial charge in [-0.25, -0.2) is 0 Å². The highest BCUT2D eigenvalue weighted by atomic mass is 16.4. The predicted octanol–water partition coefficient (Wildman–Crippen LogP) is 1.91. The summed E-state index contributed by atoms with van der Waals surface area (Å²) in [5.41, 5.74) is 1.09. The number of piperidine rings is 1. The first kappa shape index (κ1) is 11.7. The summed E-state index contributed by atoms with van der Waals surface area (Å²) in [6.07, 6.45) is 5.71. The number of carbonyl (C=O) groups is 1. The van der Waals surface area contributed by atoms with E-state index in [0.717, 1.165) is 37.9 Å². The Morgan fingerprint density at radius 2 is 2.06 bits per heavy atom. The maximum absolute atomic E-state index is 11.1. The molecule has 2 unspecified atom stereocenters. The van der Waals surface area contributed by atoms with E-state index in [-0.39, 0.29) is 5.92 Å². The van der Waals surface area contributed by atoms with Crippen molar-refractivity contribution in [3.05, 3.63) is 30.1 Å². The van der Waals surface area contributed by atoms with E-state index in [2.05, 4.69) is 9.88 Å². The molecule has 96 valence electrons. The molecular formula is C14H18N2O2. The Bertz CT molecular complexity index is 421. The molecule has 2 saturated heterocycles. The number of aliphatic carboxylic acids is 1. The van der Waals surface area contributed by atoms with Gasteiger partial charge in [0.15, 0.2) is 0 Å². The Morgan fingerprint density at radius 3 is 2.61 bits per heavy atom. The van der Waals surface area contributed by atoms with E-state index in [1.807, 2.05) is 24.4 Å². The number of carboxylic acid groups (broad SMARTS) is 1. The zero-order valence-corrected chi connectivity index (χ0v) is 10.3. The number of carboxylic acids is 1. The van der Waals surface area contributed by atoms with Gasteiger partial charge in [0.2, 0.25) is 0 Å². The molecular weight excluding hydrogens is 228 g/mol. The molecule has 2 bridgehead atoms. The number of nitrogens with zero attached hydrogens (tertiary/aromatic N) is 2. The molecule has 2 atom stereocenters. The van der Waals surface area contributed by atoms with E-state index < -0.39 is 5.97 Å². The summed E-state index contributed by atoms with van der Waals surface area (Å²) in [5.74, 6) is -0.758. The Balaban J connectivity index is 1.71. The second-order valence-electron chi connectivity index (χ2n) is 5.38. The summed E-state index contributed by atoms with van der Waals surface area (Å²) in [6.45, 7) is 0.864. The number of aromatic nitrogens is 1. The molecule has 0 radical (unpaired) electrons. The molecule has 4 heteroatoms. The molecule has 0 saturated carbocycles. The van der Waals surface area contributed by atoms with Crippen LogP contribution < -0.4 is 0 Å². The molecule has 1 aromatic heterocycles. The fourth-order valence-electron chi connectivity index (χ4n) is 3.41. The second kappa shape index (κ2) is 4.69. The highest BCUT2D eigenvalue weighted by Crippen LogP contribution is 2.39. The molecule has 0 amide bonds. The smallest absolute Gasteiger partial charge is 0.306 e. The van der Waals surface area contributed by atoms with Gasteiger partial charge in [0.1, 0.15) is 0 Å². The van der Waals surface area contributed by atoms with Crippen molar-refractivity contribution < 1.29 is 9.90 Å². The quantitative estimate of drug-likeness (QED) is 0.885. The average molecular weight is 246 g/mol. The molecule has 0 aliphatic carbocycles. The second-order valence-corrected chi connectivity index (χ2v) is 5.38. The molecule has 1 aromatic rings. The van der Waals surface area contributed by atoms with E-state index in [4.69, 9.17) is 5.11 Å². The molecule has 2 aliphatic heterocycles. The van der Waals surface area contributed by atoms with Crippen molar-refractivity contribution in [2.75, 3.05) is 0 Å². The summed E-state index contributed by atoms with van der Waals surface area (Å²) in [6, 6.07) is 6.85. The minimum Gasteiger partial charge on any atom is -0.481 e. The van der Waals surface area contributed by atoms with Crippen LogP contribution in [0.3, 0.4) is 0 Å². The van der Waals surface area contributed by atoms with Gasteiger partial charge in [0.25, 0.3) is 0 Å². The van der Waals surface area contributed by atoms with Crippen LogP contribution in [-0.2, 0) is 11.3 Å². The van der Waals surface area contributed by atoms with Crippen molar-refractivity contribution in [1.82, 2.24) is 9.88 Å². The Labute approximate surface area is 107 Å². The van der Waals surface area contributed by atoms with Gasteiger partial charge in [-0.1, -0.05) is 6.07 Å². The van der Waals surface area contributed by atoms with Crippen LogP contribution in [0.2, 0.25) is 0 Å². The highest BCUT2D eigenvalue weighted by Gasteiger charge is 2.42. The van der Waals surface area contributed by atoms with Gasteiger partial charge in [-0.15, -0.1) is 0 Å². The molecule has 2 fully saturated rings. The molecule has 0 spiro atoms. The first-order valence-corrected chi connectivity index (χ1v) is 6.62. The van der Waals surface area contributed by atoms with Crippen molar-refractivity contribution in [3.8, 4) is 0 Å². The molecule has 2 aliphatic rings. The summed E-state index contributed by atoms with van der Waals surface area (Å²) in [5, 5.41) is 9.15. The fraction of sp³-hybridized carbons (Fsp3) is 0.571. The van der Waals surface area contributed by atoms with Crippen LogP contribution in [0.15, 0.2) is 24.4 Å². The molecule has 1 N–H and O–H groups in total. The van der Waals surface area contributed by atoms with Gasteiger partial charge >= 0.3 is 5.97 Å². The average Bonchev–Trinajstić information content (AvgIpc) is 2.62. The van der Waals surface area contributed by atoms with Crippen LogP contribution in [0.1, 0.15) is 31.4 Å². The van der Waals surface area contributed by atoms with Crippen LogP contribution in [0.5, 0.6) is 0 Å². The first-order valence-electron chi connectivity index (χ1n) is 6.62. The van der Waals surface area contributed by atoms with E-state index in [9.17, 15) is 4.79 Å². The standard InChI is InChI=1S/C14H18N2O2/c17-14(18)10-7-12-4-5-13(8-10)16(12)9-11-3-1-2-6-15-11/h1-3,6,10,12-13H,4-5,7-9H2,(H,17,18). The zero-order valence-electron chi connectivity index (χ0n) is 10.3. The van der Waals surface area contributed by atoms with Crippen LogP contribution in [-0.4, -0.2) is 33.0 Å². The van der Waals surface area contributed by atoms with Gasteiger partial charge in [0.05, 0.1) is 11.6 Å². The zero-order chi connectivity index (χ0) is 12.5. The third-order valence-electron chi connectivity index (χ3n) is 4.30. The number of pyridine rings is 1. The molecule has 4 nitrogen and oxygen atoms in total. The lowest BCUT2D eigenvalue weighted by Gasteiger charge is -2.37. The summed E-state index contributed by atoms with van der Waals surface area (Å²) in [4.78, 5) is 17.9. The molecule has 0 aromatic carbocycles.